The Bertz CT molecular complexity index is 514. The molecular formula is C12H18N4O4. The standard InChI is InChI=1S/C12H18N4O4/c1-9-13-8-11(16(19)20)15(9)6-5-14-4-2-3-10(14)7-12(17)18/h8,10H,2-7H2,1H3,(H,17,18). The number of aromatic nitrogens is 2. The van der Waals surface area contributed by atoms with E-state index in [1.54, 1.807) is 11.5 Å². The van der Waals surface area contributed by atoms with Gasteiger partial charge in [0.2, 0.25) is 0 Å². The minimum atomic E-state index is -0.799. The largest absolute Gasteiger partial charge is 0.481 e. The van der Waals surface area contributed by atoms with Crippen molar-refractivity contribution in [2.24, 2.45) is 0 Å². The second-order valence-corrected chi connectivity index (χ2v) is 5.00. The summed E-state index contributed by atoms with van der Waals surface area (Å²) in [6.45, 7) is 3.64. The number of carbonyl (C=O) groups is 1. The maximum Gasteiger partial charge on any atom is 0.342 e. The molecule has 1 atom stereocenters. The molecule has 1 aliphatic heterocycles. The van der Waals surface area contributed by atoms with Crippen molar-refractivity contribution in [3.8, 4) is 0 Å². The van der Waals surface area contributed by atoms with Gasteiger partial charge in [0.1, 0.15) is 12.7 Å². The Morgan fingerprint density at radius 1 is 1.60 bits per heavy atom. The van der Waals surface area contributed by atoms with Crippen LogP contribution in [0, 0.1) is 17.0 Å². The van der Waals surface area contributed by atoms with Crippen LogP contribution in [0.25, 0.3) is 0 Å². The van der Waals surface area contributed by atoms with E-state index in [4.69, 9.17) is 5.11 Å². The fourth-order valence-electron chi connectivity index (χ4n) is 2.73. The molecule has 0 saturated carbocycles. The van der Waals surface area contributed by atoms with Crippen LogP contribution in [0.3, 0.4) is 0 Å². The topological polar surface area (TPSA) is 102 Å². The Morgan fingerprint density at radius 2 is 2.35 bits per heavy atom. The van der Waals surface area contributed by atoms with Crippen molar-refractivity contribution in [2.45, 2.75) is 38.8 Å². The Hall–Kier alpha value is -1.96. The summed E-state index contributed by atoms with van der Waals surface area (Å²) < 4.78 is 1.57. The Kier molecular flexibility index (Phi) is 4.33. The molecule has 1 unspecified atom stereocenters. The summed E-state index contributed by atoms with van der Waals surface area (Å²) in [5.41, 5.74) is 0. The molecule has 1 fully saturated rings. The van der Waals surface area contributed by atoms with E-state index >= 15 is 0 Å². The second-order valence-electron chi connectivity index (χ2n) is 5.00. The minimum absolute atomic E-state index is 0.0171. The summed E-state index contributed by atoms with van der Waals surface area (Å²) in [7, 11) is 0. The minimum Gasteiger partial charge on any atom is -0.481 e. The molecule has 1 aromatic heterocycles. The molecule has 1 aliphatic rings. The number of likely N-dealkylation sites (tertiary alicyclic amines) is 1. The van der Waals surface area contributed by atoms with Crippen molar-refractivity contribution in [1.29, 1.82) is 0 Å². The van der Waals surface area contributed by atoms with Crippen molar-refractivity contribution in [2.75, 3.05) is 13.1 Å². The summed E-state index contributed by atoms with van der Waals surface area (Å²) in [6, 6.07) is 0.0374. The summed E-state index contributed by atoms with van der Waals surface area (Å²) in [4.78, 5) is 27.3. The fourth-order valence-corrected chi connectivity index (χ4v) is 2.73. The summed E-state index contributed by atoms with van der Waals surface area (Å²) >= 11 is 0. The average Bonchev–Trinajstić information content (AvgIpc) is 2.93. The smallest absolute Gasteiger partial charge is 0.342 e. The first-order chi connectivity index (χ1) is 9.49. The number of hydrogen-bond acceptors (Lipinski definition) is 5. The third-order valence-electron chi connectivity index (χ3n) is 3.74. The van der Waals surface area contributed by atoms with E-state index < -0.39 is 10.9 Å². The van der Waals surface area contributed by atoms with Crippen molar-refractivity contribution < 1.29 is 14.8 Å². The number of nitro groups is 1. The van der Waals surface area contributed by atoms with E-state index in [1.807, 2.05) is 0 Å². The maximum absolute atomic E-state index is 10.9. The summed E-state index contributed by atoms with van der Waals surface area (Å²) in [5.74, 6) is -0.214. The molecule has 0 amide bonds. The molecule has 2 heterocycles. The van der Waals surface area contributed by atoms with E-state index in [-0.39, 0.29) is 18.3 Å². The maximum atomic E-state index is 10.9. The molecule has 8 nitrogen and oxygen atoms in total. The summed E-state index contributed by atoms with van der Waals surface area (Å²) in [6.07, 6.45) is 3.24. The van der Waals surface area contributed by atoms with Crippen LogP contribution >= 0.6 is 0 Å². The lowest BCUT2D eigenvalue weighted by atomic mass is 10.1. The quantitative estimate of drug-likeness (QED) is 0.618. The number of hydrogen-bond donors (Lipinski definition) is 1. The van der Waals surface area contributed by atoms with Crippen molar-refractivity contribution in [3.05, 3.63) is 22.1 Å². The predicted octanol–water partition coefficient (Wildman–Crippen LogP) is 1.04. The van der Waals surface area contributed by atoms with Crippen LogP contribution < -0.4 is 0 Å². The molecule has 20 heavy (non-hydrogen) atoms. The van der Waals surface area contributed by atoms with Crippen LogP contribution in [-0.2, 0) is 11.3 Å². The first-order valence-electron chi connectivity index (χ1n) is 6.61. The zero-order valence-corrected chi connectivity index (χ0v) is 11.4. The molecule has 2 rings (SSSR count). The zero-order chi connectivity index (χ0) is 14.7. The lowest BCUT2D eigenvalue weighted by molar-refractivity contribution is -0.392. The second kappa shape index (κ2) is 6.00. The van der Waals surface area contributed by atoms with Crippen molar-refractivity contribution in [1.82, 2.24) is 14.5 Å². The molecular weight excluding hydrogens is 264 g/mol. The van der Waals surface area contributed by atoms with Gasteiger partial charge in [-0.25, -0.2) is 9.55 Å². The fraction of sp³-hybridized carbons (Fsp3) is 0.667. The molecule has 0 spiro atoms. The van der Waals surface area contributed by atoms with Gasteiger partial charge in [-0.3, -0.25) is 9.69 Å². The van der Waals surface area contributed by atoms with E-state index in [9.17, 15) is 14.9 Å². The Balaban J connectivity index is 1.99. The number of aliphatic carboxylic acids is 1. The molecule has 1 N–H and O–H groups in total. The molecule has 110 valence electrons. The average molecular weight is 282 g/mol. The molecule has 0 bridgehead atoms. The van der Waals surface area contributed by atoms with Crippen LogP contribution in [0.2, 0.25) is 0 Å². The number of nitrogens with zero attached hydrogens (tertiary/aromatic N) is 4. The van der Waals surface area contributed by atoms with Gasteiger partial charge in [-0.05, 0) is 24.3 Å². The number of rotatable bonds is 6. The molecule has 0 aromatic carbocycles. The van der Waals surface area contributed by atoms with Crippen LogP contribution in [-0.4, -0.2) is 49.6 Å². The molecule has 1 saturated heterocycles. The highest BCUT2D eigenvalue weighted by atomic mass is 16.6. The van der Waals surface area contributed by atoms with Crippen LogP contribution in [0.4, 0.5) is 5.82 Å². The van der Waals surface area contributed by atoms with Gasteiger partial charge in [0, 0.05) is 19.5 Å². The Morgan fingerprint density at radius 3 is 3.00 bits per heavy atom. The molecule has 1 aromatic rings. The number of carboxylic acid groups (broad SMARTS) is 1. The monoisotopic (exact) mass is 282 g/mol. The lowest BCUT2D eigenvalue weighted by Gasteiger charge is -2.22. The van der Waals surface area contributed by atoms with Gasteiger partial charge in [0.05, 0.1) is 6.42 Å². The van der Waals surface area contributed by atoms with Crippen LogP contribution in [0.1, 0.15) is 25.1 Å². The van der Waals surface area contributed by atoms with Crippen LogP contribution in [0.5, 0.6) is 0 Å². The van der Waals surface area contributed by atoms with Crippen LogP contribution in [0.15, 0.2) is 6.20 Å². The molecule has 0 aliphatic carbocycles. The highest BCUT2D eigenvalue weighted by Gasteiger charge is 2.27. The van der Waals surface area contributed by atoms with Gasteiger partial charge in [-0.2, -0.15) is 0 Å². The Labute approximate surface area is 116 Å². The van der Waals surface area contributed by atoms with E-state index in [0.29, 0.717) is 18.9 Å². The van der Waals surface area contributed by atoms with E-state index in [2.05, 4.69) is 9.88 Å². The highest BCUT2D eigenvalue weighted by Crippen LogP contribution is 2.21. The predicted molar refractivity (Wildman–Crippen MR) is 70.5 cm³/mol. The summed E-state index contributed by atoms with van der Waals surface area (Å²) in [5, 5.41) is 19.8. The third kappa shape index (κ3) is 3.13. The van der Waals surface area contributed by atoms with Gasteiger partial charge < -0.3 is 15.2 Å². The van der Waals surface area contributed by atoms with Gasteiger partial charge >= 0.3 is 11.8 Å². The number of carboxylic acids is 1. The first-order valence-corrected chi connectivity index (χ1v) is 6.61. The SMILES string of the molecule is Cc1ncc([N+](=O)[O-])n1CCN1CCCC1CC(=O)O. The van der Waals surface area contributed by atoms with E-state index in [1.165, 1.54) is 6.20 Å². The number of aryl methyl sites for hydroxylation is 1. The molecule has 8 heteroatoms. The normalized spacial score (nSPS) is 19.4. The van der Waals surface area contributed by atoms with Crippen molar-refractivity contribution >= 4 is 11.8 Å². The van der Waals surface area contributed by atoms with Gasteiger partial charge in [0.25, 0.3) is 0 Å². The highest BCUT2D eigenvalue weighted by molar-refractivity contribution is 5.67. The van der Waals surface area contributed by atoms with Gasteiger partial charge in [-0.1, -0.05) is 0 Å². The molecule has 0 radical (unpaired) electrons. The lowest BCUT2D eigenvalue weighted by Crippen LogP contribution is -2.34. The zero-order valence-electron chi connectivity index (χ0n) is 11.4. The van der Waals surface area contributed by atoms with E-state index in [0.717, 1.165) is 19.4 Å². The first kappa shape index (κ1) is 14.4. The van der Waals surface area contributed by atoms with Gasteiger partial charge in [-0.15, -0.1) is 0 Å². The van der Waals surface area contributed by atoms with Gasteiger partial charge in [0.15, 0.2) is 5.82 Å². The third-order valence-corrected chi connectivity index (χ3v) is 3.74. The van der Waals surface area contributed by atoms with Crippen molar-refractivity contribution in [3.63, 3.8) is 0 Å². The number of imidazole rings is 1.